The average Bonchev–Trinajstić information content (AvgIpc) is 2.37. The van der Waals surface area contributed by atoms with Crippen LogP contribution in [0.25, 0.3) is 0 Å². The molecule has 20 heavy (non-hydrogen) atoms. The quantitative estimate of drug-likeness (QED) is 0.895. The SMILES string of the molecule is CCNc1cc(N(C)c2ccc(C)cc2C)nc(N)n1. The molecule has 0 atom stereocenters. The summed E-state index contributed by atoms with van der Waals surface area (Å²) in [5.41, 5.74) is 9.34. The van der Waals surface area contributed by atoms with Gasteiger partial charge in [0.05, 0.1) is 0 Å². The number of nitrogens with one attached hydrogen (secondary N) is 1. The number of rotatable bonds is 4. The van der Waals surface area contributed by atoms with Crippen molar-refractivity contribution in [1.29, 1.82) is 0 Å². The van der Waals surface area contributed by atoms with E-state index in [0.29, 0.717) is 0 Å². The molecule has 0 aliphatic rings. The molecule has 0 saturated heterocycles. The van der Waals surface area contributed by atoms with Gasteiger partial charge in [-0.3, -0.25) is 0 Å². The first-order chi connectivity index (χ1) is 9.51. The minimum Gasteiger partial charge on any atom is -0.370 e. The molecule has 0 saturated carbocycles. The Hall–Kier alpha value is -2.30. The zero-order valence-electron chi connectivity index (χ0n) is 12.4. The molecule has 0 spiro atoms. The lowest BCUT2D eigenvalue weighted by molar-refractivity contribution is 1.07. The number of benzene rings is 1. The summed E-state index contributed by atoms with van der Waals surface area (Å²) in [6.07, 6.45) is 0. The van der Waals surface area contributed by atoms with Gasteiger partial charge in [0.2, 0.25) is 5.95 Å². The minimum atomic E-state index is 0.273. The van der Waals surface area contributed by atoms with Gasteiger partial charge in [0.25, 0.3) is 0 Å². The van der Waals surface area contributed by atoms with Crippen LogP contribution in [0.1, 0.15) is 18.1 Å². The van der Waals surface area contributed by atoms with Crippen molar-refractivity contribution in [3.8, 4) is 0 Å². The topological polar surface area (TPSA) is 67.1 Å². The summed E-state index contributed by atoms with van der Waals surface area (Å²) in [5.74, 6) is 1.79. The van der Waals surface area contributed by atoms with E-state index in [1.807, 2.05) is 24.9 Å². The molecule has 0 radical (unpaired) electrons. The molecule has 0 fully saturated rings. The van der Waals surface area contributed by atoms with Crippen LogP contribution in [0.3, 0.4) is 0 Å². The van der Waals surface area contributed by atoms with Crippen LogP contribution in [0, 0.1) is 13.8 Å². The number of aromatic nitrogens is 2. The molecule has 2 aromatic rings. The predicted molar refractivity (Wildman–Crippen MR) is 84.6 cm³/mol. The number of hydrogen-bond donors (Lipinski definition) is 2. The van der Waals surface area contributed by atoms with E-state index < -0.39 is 0 Å². The number of nitrogens with two attached hydrogens (primary N) is 1. The van der Waals surface area contributed by atoms with Gasteiger partial charge in [-0.2, -0.15) is 9.97 Å². The van der Waals surface area contributed by atoms with Crippen molar-refractivity contribution in [2.45, 2.75) is 20.8 Å². The lowest BCUT2D eigenvalue weighted by Crippen LogP contribution is -2.15. The molecule has 0 unspecified atom stereocenters. The highest BCUT2D eigenvalue weighted by Gasteiger charge is 2.10. The third kappa shape index (κ3) is 2.99. The van der Waals surface area contributed by atoms with Gasteiger partial charge in [0.15, 0.2) is 0 Å². The van der Waals surface area contributed by atoms with E-state index in [1.165, 1.54) is 11.1 Å². The molecule has 0 aliphatic carbocycles. The molecule has 0 aliphatic heterocycles. The van der Waals surface area contributed by atoms with Crippen molar-refractivity contribution < 1.29 is 0 Å². The average molecular weight is 271 g/mol. The highest BCUT2D eigenvalue weighted by molar-refractivity contribution is 5.66. The lowest BCUT2D eigenvalue weighted by Gasteiger charge is -2.21. The Morgan fingerprint density at radius 2 is 1.95 bits per heavy atom. The Labute approximate surface area is 119 Å². The first kappa shape index (κ1) is 14.1. The third-order valence-electron chi connectivity index (χ3n) is 3.15. The molecule has 1 aromatic carbocycles. The molecule has 1 aromatic heterocycles. The van der Waals surface area contributed by atoms with E-state index >= 15 is 0 Å². The van der Waals surface area contributed by atoms with Crippen LogP contribution >= 0.6 is 0 Å². The van der Waals surface area contributed by atoms with E-state index in [0.717, 1.165) is 23.9 Å². The Morgan fingerprint density at radius 3 is 2.60 bits per heavy atom. The van der Waals surface area contributed by atoms with E-state index in [1.54, 1.807) is 0 Å². The second-order valence-electron chi connectivity index (χ2n) is 4.85. The van der Waals surface area contributed by atoms with Crippen LogP contribution in [0.4, 0.5) is 23.3 Å². The molecular weight excluding hydrogens is 250 g/mol. The summed E-state index contributed by atoms with van der Waals surface area (Å²) in [4.78, 5) is 10.5. The summed E-state index contributed by atoms with van der Waals surface area (Å²) in [7, 11) is 1.98. The maximum atomic E-state index is 5.78. The van der Waals surface area contributed by atoms with Crippen molar-refractivity contribution in [2.24, 2.45) is 0 Å². The minimum absolute atomic E-state index is 0.273. The van der Waals surface area contributed by atoms with Crippen LogP contribution in [0.5, 0.6) is 0 Å². The zero-order chi connectivity index (χ0) is 14.7. The first-order valence-electron chi connectivity index (χ1n) is 6.70. The van der Waals surface area contributed by atoms with Crippen molar-refractivity contribution in [3.63, 3.8) is 0 Å². The second kappa shape index (κ2) is 5.77. The zero-order valence-corrected chi connectivity index (χ0v) is 12.4. The van der Waals surface area contributed by atoms with Gasteiger partial charge < -0.3 is 16.0 Å². The highest BCUT2D eigenvalue weighted by atomic mass is 15.2. The number of nitrogen functional groups attached to an aromatic ring is 1. The van der Waals surface area contributed by atoms with Crippen LogP contribution in [0.15, 0.2) is 24.3 Å². The maximum Gasteiger partial charge on any atom is 0.223 e. The number of nitrogens with zero attached hydrogens (tertiary/aromatic N) is 3. The standard InChI is InChI=1S/C15H21N5/c1-5-17-13-9-14(19-15(16)18-13)20(4)12-7-6-10(2)8-11(12)3/h6-9H,5H2,1-4H3,(H3,16,17,18,19). The number of aryl methyl sites for hydroxylation is 2. The normalized spacial score (nSPS) is 10.4. The van der Waals surface area contributed by atoms with Gasteiger partial charge >= 0.3 is 0 Å². The molecule has 1 heterocycles. The number of anilines is 4. The van der Waals surface area contributed by atoms with Gasteiger partial charge in [0.1, 0.15) is 11.6 Å². The predicted octanol–water partition coefficient (Wildman–Crippen LogP) is 2.88. The molecular formula is C15H21N5. The molecule has 5 nitrogen and oxygen atoms in total. The van der Waals surface area contributed by atoms with Crippen LogP contribution in [-0.4, -0.2) is 23.6 Å². The first-order valence-corrected chi connectivity index (χ1v) is 6.70. The molecule has 0 amide bonds. The fourth-order valence-corrected chi connectivity index (χ4v) is 2.20. The largest absolute Gasteiger partial charge is 0.370 e. The summed E-state index contributed by atoms with van der Waals surface area (Å²) in [6, 6.07) is 8.24. The Kier molecular flexibility index (Phi) is 4.08. The smallest absolute Gasteiger partial charge is 0.223 e. The highest BCUT2D eigenvalue weighted by Crippen LogP contribution is 2.27. The van der Waals surface area contributed by atoms with Gasteiger partial charge in [-0.25, -0.2) is 0 Å². The second-order valence-corrected chi connectivity index (χ2v) is 4.85. The Morgan fingerprint density at radius 1 is 1.20 bits per heavy atom. The lowest BCUT2D eigenvalue weighted by atomic mass is 10.1. The molecule has 5 heteroatoms. The summed E-state index contributed by atoms with van der Waals surface area (Å²) >= 11 is 0. The van der Waals surface area contributed by atoms with Gasteiger partial charge in [-0.1, -0.05) is 17.7 Å². The van der Waals surface area contributed by atoms with Crippen molar-refractivity contribution in [3.05, 3.63) is 35.4 Å². The maximum absolute atomic E-state index is 5.78. The van der Waals surface area contributed by atoms with Gasteiger partial charge in [0, 0.05) is 25.3 Å². The summed E-state index contributed by atoms with van der Waals surface area (Å²) < 4.78 is 0. The molecule has 0 bridgehead atoms. The molecule has 2 rings (SSSR count). The fourth-order valence-electron chi connectivity index (χ4n) is 2.20. The Balaban J connectivity index is 2.39. The van der Waals surface area contributed by atoms with E-state index in [4.69, 9.17) is 5.73 Å². The number of hydrogen-bond acceptors (Lipinski definition) is 5. The van der Waals surface area contributed by atoms with Gasteiger partial charge in [-0.05, 0) is 32.4 Å². The van der Waals surface area contributed by atoms with Crippen LogP contribution in [-0.2, 0) is 0 Å². The van der Waals surface area contributed by atoms with E-state index in [9.17, 15) is 0 Å². The monoisotopic (exact) mass is 271 g/mol. The van der Waals surface area contributed by atoms with Crippen molar-refractivity contribution in [1.82, 2.24) is 9.97 Å². The summed E-state index contributed by atoms with van der Waals surface area (Å²) in [5, 5.41) is 3.16. The molecule has 3 N–H and O–H groups in total. The van der Waals surface area contributed by atoms with Crippen molar-refractivity contribution >= 4 is 23.3 Å². The molecule has 106 valence electrons. The third-order valence-corrected chi connectivity index (χ3v) is 3.15. The fraction of sp³-hybridized carbons (Fsp3) is 0.333. The van der Waals surface area contributed by atoms with Crippen LogP contribution in [0.2, 0.25) is 0 Å². The van der Waals surface area contributed by atoms with E-state index in [-0.39, 0.29) is 5.95 Å². The Bertz CT molecular complexity index is 609. The van der Waals surface area contributed by atoms with Crippen LogP contribution < -0.4 is 16.0 Å². The van der Waals surface area contributed by atoms with Gasteiger partial charge in [-0.15, -0.1) is 0 Å². The van der Waals surface area contributed by atoms with E-state index in [2.05, 4.69) is 47.3 Å². The van der Waals surface area contributed by atoms with Crippen molar-refractivity contribution in [2.75, 3.05) is 29.5 Å². The summed E-state index contributed by atoms with van der Waals surface area (Å²) in [6.45, 7) is 6.99.